The van der Waals surface area contributed by atoms with Crippen LogP contribution in [0.5, 0.6) is 0 Å². The second-order valence-corrected chi connectivity index (χ2v) is 5.58. The molecule has 0 aromatic heterocycles. The number of likely N-dealkylation sites (N-methyl/N-ethyl adjacent to an activating group) is 1. The normalized spacial score (nSPS) is 9.96. The predicted octanol–water partition coefficient (Wildman–Crippen LogP) is 2.25. The highest BCUT2D eigenvalue weighted by Gasteiger charge is 2.24. The van der Waals surface area contributed by atoms with E-state index in [-0.39, 0.29) is 23.4 Å². The molecule has 0 atom stereocenters. The van der Waals surface area contributed by atoms with Crippen molar-refractivity contribution in [1.29, 1.82) is 0 Å². The number of esters is 2. The van der Waals surface area contributed by atoms with E-state index in [1.165, 1.54) is 37.3 Å². The number of anilines is 2. The van der Waals surface area contributed by atoms with Gasteiger partial charge in [-0.15, -0.1) is 0 Å². The van der Waals surface area contributed by atoms with E-state index in [0.29, 0.717) is 5.69 Å². The first-order chi connectivity index (χ1) is 13.4. The molecule has 2 aromatic carbocycles. The summed E-state index contributed by atoms with van der Waals surface area (Å²) in [5, 5.41) is 2.39. The number of para-hydroxylation sites is 1. The standard InChI is InChI=1S/C20H20N2O6/c1-4-22(14-8-6-5-7-9-14)18(24)17(23)21-16-12-13(19(25)27-2)10-11-15(16)20(26)28-3/h5-12H,4H2,1-3H3,(H,21,23). The Bertz CT molecular complexity index is 895. The lowest BCUT2D eigenvalue weighted by molar-refractivity contribution is -0.134. The van der Waals surface area contributed by atoms with Gasteiger partial charge in [-0.05, 0) is 37.3 Å². The first-order valence-corrected chi connectivity index (χ1v) is 8.41. The van der Waals surface area contributed by atoms with Crippen LogP contribution in [0.15, 0.2) is 48.5 Å². The fourth-order valence-corrected chi connectivity index (χ4v) is 2.53. The van der Waals surface area contributed by atoms with Crippen LogP contribution in [0.1, 0.15) is 27.6 Å². The molecular formula is C20H20N2O6. The molecule has 0 spiro atoms. The molecule has 0 saturated carbocycles. The van der Waals surface area contributed by atoms with Crippen LogP contribution in [0, 0.1) is 0 Å². The molecule has 2 amide bonds. The van der Waals surface area contributed by atoms with Gasteiger partial charge >= 0.3 is 23.8 Å². The maximum absolute atomic E-state index is 12.6. The summed E-state index contributed by atoms with van der Waals surface area (Å²) < 4.78 is 9.32. The summed E-state index contributed by atoms with van der Waals surface area (Å²) in [4.78, 5) is 50.1. The minimum atomic E-state index is -0.960. The molecule has 0 aliphatic heterocycles. The fraction of sp³-hybridized carbons (Fsp3) is 0.200. The number of ether oxygens (including phenoxy) is 2. The summed E-state index contributed by atoms with van der Waals surface area (Å²) in [6, 6.07) is 12.6. The molecule has 0 saturated heterocycles. The van der Waals surface area contributed by atoms with Crippen molar-refractivity contribution < 1.29 is 28.7 Å². The van der Waals surface area contributed by atoms with Crippen molar-refractivity contribution in [2.45, 2.75) is 6.92 Å². The van der Waals surface area contributed by atoms with Crippen LogP contribution in [0.4, 0.5) is 11.4 Å². The molecule has 28 heavy (non-hydrogen) atoms. The number of hydrogen-bond acceptors (Lipinski definition) is 6. The van der Waals surface area contributed by atoms with Gasteiger partial charge in [-0.25, -0.2) is 9.59 Å². The van der Waals surface area contributed by atoms with Gasteiger partial charge < -0.3 is 19.7 Å². The molecule has 0 radical (unpaired) electrons. The molecule has 8 nitrogen and oxygen atoms in total. The third kappa shape index (κ3) is 4.53. The molecule has 1 N–H and O–H groups in total. The highest BCUT2D eigenvalue weighted by atomic mass is 16.5. The number of benzene rings is 2. The van der Waals surface area contributed by atoms with E-state index in [1.54, 1.807) is 37.3 Å². The first-order valence-electron chi connectivity index (χ1n) is 8.41. The number of nitrogens with one attached hydrogen (secondary N) is 1. The van der Waals surface area contributed by atoms with Crippen molar-refractivity contribution in [1.82, 2.24) is 0 Å². The van der Waals surface area contributed by atoms with Gasteiger partial charge in [0.25, 0.3) is 0 Å². The quantitative estimate of drug-likeness (QED) is 0.627. The van der Waals surface area contributed by atoms with E-state index in [1.807, 2.05) is 0 Å². The Morgan fingerprint density at radius 2 is 1.57 bits per heavy atom. The highest BCUT2D eigenvalue weighted by Crippen LogP contribution is 2.21. The first kappa shape index (κ1) is 20.6. The maximum atomic E-state index is 12.6. The molecule has 2 rings (SSSR count). The van der Waals surface area contributed by atoms with Gasteiger partial charge in [-0.1, -0.05) is 18.2 Å². The number of rotatable bonds is 5. The Hall–Kier alpha value is -3.68. The van der Waals surface area contributed by atoms with Crippen molar-refractivity contribution in [3.05, 3.63) is 59.7 Å². The lowest BCUT2D eigenvalue weighted by atomic mass is 10.1. The summed E-state index contributed by atoms with van der Waals surface area (Å²) >= 11 is 0. The molecular weight excluding hydrogens is 364 g/mol. The van der Waals surface area contributed by atoms with Crippen LogP contribution >= 0.6 is 0 Å². The highest BCUT2D eigenvalue weighted by molar-refractivity contribution is 6.44. The van der Waals surface area contributed by atoms with Crippen LogP contribution in [0.25, 0.3) is 0 Å². The van der Waals surface area contributed by atoms with Crippen molar-refractivity contribution >= 4 is 35.1 Å². The SMILES string of the molecule is CCN(C(=O)C(=O)Nc1cc(C(=O)OC)ccc1C(=O)OC)c1ccccc1. The fourth-order valence-electron chi connectivity index (χ4n) is 2.53. The summed E-state index contributed by atoms with van der Waals surface area (Å²) in [6.07, 6.45) is 0. The van der Waals surface area contributed by atoms with Gasteiger partial charge in [-0.2, -0.15) is 0 Å². The van der Waals surface area contributed by atoms with Gasteiger partial charge in [0.05, 0.1) is 31.0 Å². The Labute approximate surface area is 162 Å². The molecule has 0 heterocycles. The van der Waals surface area contributed by atoms with Crippen LogP contribution in [-0.2, 0) is 19.1 Å². The number of carbonyl (C=O) groups excluding carboxylic acids is 4. The molecule has 0 bridgehead atoms. The lowest BCUT2D eigenvalue weighted by Crippen LogP contribution is -2.40. The van der Waals surface area contributed by atoms with E-state index in [9.17, 15) is 19.2 Å². The summed E-state index contributed by atoms with van der Waals surface area (Å²) in [7, 11) is 2.39. The molecule has 146 valence electrons. The number of hydrogen-bond donors (Lipinski definition) is 1. The molecule has 2 aromatic rings. The number of carbonyl (C=O) groups is 4. The lowest BCUT2D eigenvalue weighted by Gasteiger charge is -2.20. The van der Waals surface area contributed by atoms with Crippen LogP contribution in [-0.4, -0.2) is 44.5 Å². The number of methoxy groups -OCH3 is 2. The number of amides is 2. The van der Waals surface area contributed by atoms with Gasteiger partial charge in [0, 0.05) is 12.2 Å². The van der Waals surface area contributed by atoms with E-state index < -0.39 is 23.8 Å². The Kier molecular flexibility index (Phi) is 6.86. The zero-order valence-electron chi connectivity index (χ0n) is 15.7. The minimum Gasteiger partial charge on any atom is -0.465 e. The Morgan fingerprint density at radius 3 is 2.14 bits per heavy atom. The monoisotopic (exact) mass is 384 g/mol. The summed E-state index contributed by atoms with van der Waals surface area (Å²) in [6.45, 7) is 2.00. The summed E-state index contributed by atoms with van der Waals surface area (Å²) in [5.41, 5.74) is 0.631. The summed E-state index contributed by atoms with van der Waals surface area (Å²) in [5.74, 6) is -3.15. The molecule has 0 aliphatic rings. The maximum Gasteiger partial charge on any atom is 0.339 e. The van der Waals surface area contributed by atoms with E-state index in [0.717, 1.165) is 0 Å². The second kappa shape index (κ2) is 9.31. The van der Waals surface area contributed by atoms with Crippen LogP contribution in [0.2, 0.25) is 0 Å². The molecule has 0 aliphatic carbocycles. The third-order valence-electron chi connectivity index (χ3n) is 3.92. The van der Waals surface area contributed by atoms with Crippen molar-refractivity contribution in [3.8, 4) is 0 Å². The second-order valence-electron chi connectivity index (χ2n) is 5.58. The van der Waals surface area contributed by atoms with Gasteiger partial charge in [0.15, 0.2) is 0 Å². The number of nitrogens with zero attached hydrogens (tertiary/aromatic N) is 1. The van der Waals surface area contributed by atoms with E-state index in [4.69, 9.17) is 0 Å². The zero-order valence-corrected chi connectivity index (χ0v) is 15.7. The van der Waals surface area contributed by atoms with E-state index in [2.05, 4.69) is 14.8 Å². The third-order valence-corrected chi connectivity index (χ3v) is 3.92. The average molecular weight is 384 g/mol. The largest absolute Gasteiger partial charge is 0.465 e. The zero-order chi connectivity index (χ0) is 20.7. The smallest absolute Gasteiger partial charge is 0.339 e. The molecule has 0 fully saturated rings. The van der Waals surface area contributed by atoms with Crippen LogP contribution < -0.4 is 10.2 Å². The topological polar surface area (TPSA) is 102 Å². The Morgan fingerprint density at radius 1 is 0.929 bits per heavy atom. The Balaban J connectivity index is 2.34. The molecule has 0 unspecified atom stereocenters. The van der Waals surface area contributed by atoms with E-state index >= 15 is 0 Å². The minimum absolute atomic E-state index is 0.000868. The van der Waals surface area contributed by atoms with Gasteiger partial charge in [0.2, 0.25) is 0 Å². The van der Waals surface area contributed by atoms with Gasteiger partial charge in [0.1, 0.15) is 0 Å². The molecule has 8 heteroatoms. The van der Waals surface area contributed by atoms with Crippen molar-refractivity contribution in [2.75, 3.05) is 31.0 Å². The van der Waals surface area contributed by atoms with Crippen LogP contribution in [0.3, 0.4) is 0 Å². The van der Waals surface area contributed by atoms with Crippen molar-refractivity contribution in [2.24, 2.45) is 0 Å². The average Bonchev–Trinajstić information content (AvgIpc) is 2.73. The van der Waals surface area contributed by atoms with Gasteiger partial charge in [-0.3, -0.25) is 9.59 Å². The van der Waals surface area contributed by atoms with Crippen molar-refractivity contribution in [3.63, 3.8) is 0 Å². The predicted molar refractivity (Wildman–Crippen MR) is 102 cm³/mol.